The minimum absolute atomic E-state index is 0.213. The van der Waals surface area contributed by atoms with Gasteiger partial charge in [0.15, 0.2) is 11.6 Å². The molecule has 0 unspecified atom stereocenters. The zero-order valence-electron chi connectivity index (χ0n) is 14.9. The number of nitrogens with zero attached hydrogens (tertiary/aromatic N) is 3. The fourth-order valence-electron chi connectivity index (χ4n) is 2.54. The molecule has 4 aromatic rings. The van der Waals surface area contributed by atoms with Crippen LogP contribution in [0.5, 0.6) is 0 Å². The molecule has 9 heteroatoms. The summed E-state index contributed by atoms with van der Waals surface area (Å²) in [6.07, 6.45) is 1.54. The van der Waals surface area contributed by atoms with Crippen LogP contribution in [0.4, 0.5) is 5.82 Å². The highest BCUT2D eigenvalue weighted by molar-refractivity contribution is 7.99. The Balaban J connectivity index is 1.48. The van der Waals surface area contributed by atoms with E-state index in [4.69, 9.17) is 13.5 Å². The highest BCUT2D eigenvalue weighted by atomic mass is 32.2. The van der Waals surface area contributed by atoms with E-state index in [9.17, 15) is 4.79 Å². The summed E-state index contributed by atoms with van der Waals surface area (Å²) in [5, 5.41) is 10.0. The molecule has 3 heterocycles. The first-order valence-corrected chi connectivity index (χ1v) is 9.51. The smallest absolute Gasteiger partial charge is 0.243 e. The normalized spacial score (nSPS) is 12.0. The van der Waals surface area contributed by atoms with Crippen molar-refractivity contribution < 1.29 is 18.3 Å². The van der Waals surface area contributed by atoms with E-state index in [0.717, 1.165) is 5.56 Å². The lowest BCUT2D eigenvalue weighted by atomic mass is 10.1. The molecule has 0 spiro atoms. The highest BCUT2D eigenvalue weighted by Gasteiger charge is 2.23. The summed E-state index contributed by atoms with van der Waals surface area (Å²) < 4.78 is 15.5. The van der Waals surface area contributed by atoms with Crippen LogP contribution < -0.4 is 5.32 Å². The summed E-state index contributed by atoms with van der Waals surface area (Å²) in [6.45, 7) is 1.76. The zero-order chi connectivity index (χ0) is 19.3. The third-order valence-electron chi connectivity index (χ3n) is 3.80. The summed E-state index contributed by atoms with van der Waals surface area (Å²) in [5.41, 5.74) is 0.857. The van der Waals surface area contributed by atoms with Crippen molar-refractivity contribution in [3.05, 3.63) is 72.0 Å². The Kier molecular flexibility index (Phi) is 5.24. The molecule has 142 valence electrons. The van der Waals surface area contributed by atoms with Crippen LogP contribution >= 0.6 is 11.8 Å². The number of hydrogen-bond acceptors (Lipinski definition) is 8. The van der Waals surface area contributed by atoms with Crippen LogP contribution in [0.15, 0.2) is 68.3 Å². The van der Waals surface area contributed by atoms with Crippen LogP contribution in [0.3, 0.4) is 0 Å². The SMILES string of the molecule is Cc1cc(NC(=O)[C@H](SCc2nc(-c3ccco3)no2)c2ccccc2)no1. The van der Waals surface area contributed by atoms with Gasteiger partial charge in [-0.3, -0.25) is 4.79 Å². The van der Waals surface area contributed by atoms with Crippen molar-refractivity contribution in [1.82, 2.24) is 15.3 Å². The maximum Gasteiger partial charge on any atom is 0.243 e. The quantitative estimate of drug-likeness (QED) is 0.494. The van der Waals surface area contributed by atoms with Crippen molar-refractivity contribution >= 4 is 23.5 Å². The number of hydrogen-bond donors (Lipinski definition) is 1. The van der Waals surface area contributed by atoms with Gasteiger partial charge in [-0.1, -0.05) is 40.6 Å². The second-order valence-electron chi connectivity index (χ2n) is 5.90. The standard InChI is InChI=1S/C19H16N4O4S/c1-12-10-15(22-26-12)20-19(24)17(13-6-3-2-4-7-13)28-11-16-21-18(23-27-16)14-8-5-9-25-14/h2-10,17H,11H2,1H3,(H,20,22,24)/t17-/m1/s1. The molecule has 0 radical (unpaired) electrons. The van der Waals surface area contributed by atoms with Crippen molar-refractivity contribution in [1.29, 1.82) is 0 Å². The second-order valence-corrected chi connectivity index (χ2v) is 7.00. The van der Waals surface area contributed by atoms with Crippen molar-refractivity contribution in [3.63, 3.8) is 0 Å². The second kappa shape index (κ2) is 8.13. The fourth-order valence-corrected chi connectivity index (χ4v) is 3.53. The molecule has 0 bridgehead atoms. The van der Waals surface area contributed by atoms with E-state index in [1.54, 1.807) is 31.4 Å². The lowest BCUT2D eigenvalue weighted by Crippen LogP contribution is -2.19. The predicted octanol–water partition coefficient (Wildman–Crippen LogP) is 4.24. The average Bonchev–Trinajstić information content (AvgIpc) is 3.45. The van der Waals surface area contributed by atoms with E-state index in [1.807, 2.05) is 30.3 Å². The summed E-state index contributed by atoms with van der Waals surface area (Å²) >= 11 is 1.38. The Bertz CT molecular complexity index is 1040. The Hall–Kier alpha value is -3.33. The van der Waals surface area contributed by atoms with E-state index >= 15 is 0 Å². The highest BCUT2D eigenvalue weighted by Crippen LogP contribution is 2.33. The third-order valence-corrected chi connectivity index (χ3v) is 5.04. The van der Waals surface area contributed by atoms with Crippen LogP contribution in [-0.4, -0.2) is 21.2 Å². The molecular formula is C19H16N4O4S. The Morgan fingerprint density at radius 2 is 2.00 bits per heavy atom. The maximum atomic E-state index is 12.8. The van der Waals surface area contributed by atoms with Crippen molar-refractivity contribution in [2.24, 2.45) is 0 Å². The first-order valence-electron chi connectivity index (χ1n) is 8.46. The van der Waals surface area contributed by atoms with E-state index in [2.05, 4.69) is 20.6 Å². The molecule has 28 heavy (non-hydrogen) atoms. The number of rotatable bonds is 7. The number of carbonyl (C=O) groups is 1. The van der Waals surface area contributed by atoms with Gasteiger partial charge in [-0.25, -0.2) is 0 Å². The molecule has 1 aromatic carbocycles. The van der Waals surface area contributed by atoms with Crippen LogP contribution in [0.25, 0.3) is 11.6 Å². The summed E-state index contributed by atoms with van der Waals surface area (Å²) in [7, 11) is 0. The number of furan rings is 1. The number of anilines is 1. The van der Waals surface area contributed by atoms with E-state index in [-0.39, 0.29) is 5.91 Å². The van der Waals surface area contributed by atoms with Gasteiger partial charge < -0.3 is 18.8 Å². The lowest BCUT2D eigenvalue weighted by Gasteiger charge is -2.15. The van der Waals surface area contributed by atoms with E-state index < -0.39 is 5.25 Å². The first-order chi connectivity index (χ1) is 13.7. The first kappa shape index (κ1) is 18.1. The number of carbonyl (C=O) groups excluding carboxylic acids is 1. The number of benzene rings is 1. The summed E-state index contributed by atoms with van der Waals surface area (Å²) in [4.78, 5) is 17.2. The van der Waals surface area contributed by atoms with Gasteiger partial charge in [0.2, 0.25) is 17.6 Å². The molecule has 8 nitrogen and oxygen atoms in total. The Morgan fingerprint density at radius 3 is 2.71 bits per heavy atom. The predicted molar refractivity (Wildman–Crippen MR) is 102 cm³/mol. The van der Waals surface area contributed by atoms with Gasteiger partial charge >= 0.3 is 0 Å². The van der Waals surface area contributed by atoms with Gasteiger partial charge in [0, 0.05) is 6.07 Å². The topological polar surface area (TPSA) is 107 Å². The van der Waals surface area contributed by atoms with Crippen LogP contribution in [0.2, 0.25) is 0 Å². The molecule has 1 atom stereocenters. The monoisotopic (exact) mass is 396 g/mol. The fraction of sp³-hybridized carbons (Fsp3) is 0.158. The van der Waals surface area contributed by atoms with Crippen LogP contribution in [0.1, 0.15) is 22.5 Å². The van der Waals surface area contributed by atoms with Crippen LogP contribution in [0, 0.1) is 6.92 Å². The van der Waals surface area contributed by atoms with Crippen LogP contribution in [-0.2, 0) is 10.5 Å². The molecule has 1 N–H and O–H groups in total. The minimum atomic E-state index is -0.489. The molecule has 3 aromatic heterocycles. The minimum Gasteiger partial charge on any atom is -0.461 e. The van der Waals surface area contributed by atoms with Gasteiger partial charge in [-0.05, 0) is 24.6 Å². The number of aromatic nitrogens is 3. The van der Waals surface area contributed by atoms with Crippen molar-refractivity contribution in [2.75, 3.05) is 5.32 Å². The number of aryl methyl sites for hydroxylation is 1. The summed E-state index contributed by atoms with van der Waals surface area (Å²) in [5.74, 6) is 2.45. The van der Waals surface area contributed by atoms with E-state index in [1.165, 1.54) is 11.8 Å². The van der Waals surface area contributed by atoms with Crippen molar-refractivity contribution in [3.8, 4) is 11.6 Å². The molecule has 1 amide bonds. The average molecular weight is 396 g/mol. The van der Waals surface area contributed by atoms with Gasteiger partial charge in [0.05, 0.1) is 12.0 Å². The third kappa shape index (κ3) is 4.15. The Morgan fingerprint density at radius 1 is 1.14 bits per heavy atom. The molecule has 0 aliphatic rings. The molecule has 0 saturated carbocycles. The van der Waals surface area contributed by atoms with Crippen molar-refractivity contribution in [2.45, 2.75) is 17.9 Å². The van der Waals surface area contributed by atoms with Gasteiger partial charge in [-0.15, -0.1) is 11.8 Å². The molecule has 4 rings (SSSR count). The van der Waals surface area contributed by atoms with Gasteiger partial charge in [-0.2, -0.15) is 4.98 Å². The molecule has 0 aliphatic carbocycles. The molecule has 0 aliphatic heterocycles. The van der Waals surface area contributed by atoms with E-state index in [0.29, 0.717) is 34.8 Å². The number of thioether (sulfide) groups is 1. The summed E-state index contributed by atoms with van der Waals surface area (Å²) in [6, 6.07) is 14.6. The molecule has 0 fully saturated rings. The molecule has 0 saturated heterocycles. The van der Waals surface area contributed by atoms with Gasteiger partial charge in [0.1, 0.15) is 11.0 Å². The zero-order valence-corrected chi connectivity index (χ0v) is 15.7. The molecular weight excluding hydrogens is 380 g/mol. The number of amides is 1. The lowest BCUT2D eigenvalue weighted by molar-refractivity contribution is -0.115. The van der Waals surface area contributed by atoms with Gasteiger partial charge in [0.25, 0.3) is 0 Å². The number of nitrogens with one attached hydrogen (secondary N) is 1. The largest absolute Gasteiger partial charge is 0.461 e. The Labute approximate surface area is 164 Å². The maximum absolute atomic E-state index is 12.8.